The molecule has 6 nitrogen and oxygen atoms in total. The van der Waals surface area contributed by atoms with E-state index in [-0.39, 0.29) is 12.3 Å². The van der Waals surface area contributed by atoms with Gasteiger partial charge in [0.25, 0.3) is 0 Å². The molecule has 1 amide bonds. The maximum absolute atomic E-state index is 11.8. The fraction of sp³-hybridized carbons (Fsp3) is 0.167. The highest BCUT2D eigenvalue weighted by molar-refractivity contribution is 7.07. The molecular weight excluding hydrogens is 262 g/mol. The molecular formula is C12H11N5OS. The van der Waals surface area contributed by atoms with Crippen LogP contribution in [0.2, 0.25) is 0 Å². The highest BCUT2D eigenvalue weighted by Gasteiger charge is 2.09. The number of nitrogens with one attached hydrogen (secondary N) is 1. The second-order valence-electron chi connectivity index (χ2n) is 4.15. The van der Waals surface area contributed by atoms with E-state index in [1.165, 1.54) is 11.3 Å². The summed E-state index contributed by atoms with van der Waals surface area (Å²) in [6, 6.07) is 3.84. The number of hydrogen-bond acceptors (Lipinski definition) is 5. The first-order valence-corrected chi connectivity index (χ1v) is 6.65. The van der Waals surface area contributed by atoms with Gasteiger partial charge in [-0.1, -0.05) is 0 Å². The highest BCUT2D eigenvalue weighted by Crippen LogP contribution is 2.08. The minimum atomic E-state index is -0.168. The van der Waals surface area contributed by atoms with Crippen molar-refractivity contribution in [3.63, 3.8) is 0 Å². The zero-order chi connectivity index (χ0) is 13.2. The Balaban J connectivity index is 1.76. The van der Waals surface area contributed by atoms with E-state index in [9.17, 15) is 4.79 Å². The van der Waals surface area contributed by atoms with Crippen LogP contribution in [0.4, 0.5) is 5.95 Å². The fourth-order valence-electron chi connectivity index (χ4n) is 1.69. The number of rotatable bonds is 3. The summed E-state index contributed by atoms with van der Waals surface area (Å²) in [4.78, 5) is 20.1. The van der Waals surface area contributed by atoms with Crippen LogP contribution in [0.3, 0.4) is 0 Å². The lowest BCUT2D eigenvalue weighted by Gasteiger charge is -1.97. The number of amides is 1. The fourth-order valence-corrected chi connectivity index (χ4v) is 2.25. The van der Waals surface area contributed by atoms with Crippen molar-refractivity contribution in [2.45, 2.75) is 13.3 Å². The van der Waals surface area contributed by atoms with E-state index in [2.05, 4.69) is 20.4 Å². The molecule has 0 saturated heterocycles. The molecule has 0 aliphatic carbocycles. The minimum absolute atomic E-state index is 0.168. The van der Waals surface area contributed by atoms with E-state index >= 15 is 0 Å². The van der Waals surface area contributed by atoms with Gasteiger partial charge < -0.3 is 0 Å². The maximum Gasteiger partial charge on any atom is 0.249 e. The van der Waals surface area contributed by atoms with Crippen LogP contribution in [0.25, 0.3) is 5.65 Å². The van der Waals surface area contributed by atoms with Gasteiger partial charge in [-0.25, -0.2) is 9.50 Å². The van der Waals surface area contributed by atoms with E-state index in [0.29, 0.717) is 11.6 Å². The third kappa shape index (κ3) is 2.60. The summed E-state index contributed by atoms with van der Waals surface area (Å²) < 4.78 is 1.63. The Morgan fingerprint density at radius 1 is 1.53 bits per heavy atom. The van der Waals surface area contributed by atoms with Crippen molar-refractivity contribution < 1.29 is 4.79 Å². The van der Waals surface area contributed by atoms with Gasteiger partial charge in [-0.3, -0.25) is 10.1 Å². The Bertz CT molecular complexity index is 719. The molecule has 0 bridgehead atoms. The predicted octanol–water partition coefficient (Wildman–Crippen LogP) is 1.68. The molecule has 0 radical (unpaired) electrons. The van der Waals surface area contributed by atoms with Crippen molar-refractivity contribution >= 4 is 28.8 Å². The molecule has 3 rings (SSSR count). The standard InChI is InChI=1S/C12H11N5OS/c1-8-2-3-17-10(4-8)14-12(16-17)15-11(18)5-9-6-19-7-13-9/h2-4,6-7H,5H2,1H3,(H,15,16,18). The molecule has 0 unspecified atom stereocenters. The summed E-state index contributed by atoms with van der Waals surface area (Å²) in [5.74, 6) is 0.143. The maximum atomic E-state index is 11.8. The second kappa shape index (κ2) is 4.77. The van der Waals surface area contributed by atoms with E-state index in [1.807, 2.05) is 30.6 Å². The summed E-state index contributed by atoms with van der Waals surface area (Å²) in [5, 5.41) is 8.70. The van der Waals surface area contributed by atoms with Gasteiger partial charge in [0.2, 0.25) is 11.9 Å². The Morgan fingerprint density at radius 2 is 2.42 bits per heavy atom. The smallest absolute Gasteiger partial charge is 0.249 e. The Kier molecular flexibility index (Phi) is 2.96. The van der Waals surface area contributed by atoms with Crippen LogP contribution in [0.15, 0.2) is 29.2 Å². The number of anilines is 1. The van der Waals surface area contributed by atoms with Gasteiger partial charge in [0, 0.05) is 11.6 Å². The molecule has 0 saturated carbocycles. The van der Waals surface area contributed by atoms with E-state index < -0.39 is 0 Å². The van der Waals surface area contributed by atoms with Crippen LogP contribution in [-0.4, -0.2) is 25.5 Å². The third-order valence-electron chi connectivity index (χ3n) is 2.57. The molecule has 0 atom stereocenters. The number of hydrogen-bond donors (Lipinski definition) is 1. The summed E-state index contributed by atoms with van der Waals surface area (Å²) >= 11 is 1.47. The summed E-state index contributed by atoms with van der Waals surface area (Å²) in [5.41, 5.74) is 4.26. The zero-order valence-electron chi connectivity index (χ0n) is 10.2. The van der Waals surface area contributed by atoms with E-state index in [4.69, 9.17) is 0 Å². The van der Waals surface area contributed by atoms with Gasteiger partial charge in [0.05, 0.1) is 17.6 Å². The average Bonchev–Trinajstić information content (AvgIpc) is 2.97. The molecule has 96 valence electrons. The largest absolute Gasteiger partial charge is 0.293 e. The molecule has 0 aromatic carbocycles. The van der Waals surface area contributed by atoms with Crippen molar-refractivity contribution in [1.29, 1.82) is 0 Å². The van der Waals surface area contributed by atoms with Crippen molar-refractivity contribution in [2.24, 2.45) is 0 Å². The van der Waals surface area contributed by atoms with Crippen LogP contribution in [-0.2, 0) is 11.2 Å². The number of carbonyl (C=O) groups excluding carboxylic acids is 1. The number of nitrogens with zero attached hydrogens (tertiary/aromatic N) is 4. The minimum Gasteiger partial charge on any atom is -0.293 e. The molecule has 0 aliphatic rings. The molecule has 3 aromatic heterocycles. The monoisotopic (exact) mass is 273 g/mol. The lowest BCUT2D eigenvalue weighted by atomic mass is 10.3. The Morgan fingerprint density at radius 3 is 3.21 bits per heavy atom. The summed E-state index contributed by atoms with van der Waals surface area (Å²) in [6.45, 7) is 1.98. The number of pyridine rings is 1. The van der Waals surface area contributed by atoms with E-state index in [1.54, 1.807) is 10.0 Å². The van der Waals surface area contributed by atoms with Crippen LogP contribution in [0, 0.1) is 6.92 Å². The Labute approximate surface area is 113 Å². The molecule has 0 aliphatic heterocycles. The van der Waals surface area contributed by atoms with Gasteiger partial charge in [-0.15, -0.1) is 16.4 Å². The quantitative estimate of drug-likeness (QED) is 0.788. The van der Waals surface area contributed by atoms with Crippen LogP contribution >= 0.6 is 11.3 Å². The highest BCUT2D eigenvalue weighted by atomic mass is 32.1. The van der Waals surface area contributed by atoms with Gasteiger partial charge >= 0.3 is 0 Å². The molecule has 7 heteroatoms. The lowest BCUT2D eigenvalue weighted by Crippen LogP contribution is -2.15. The van der Waals surface area contributed by atoms with Crippen LogP contribution in [0.5, 0.6) is 0 Å². The van der Waals surface area contributed by atoms with Crippen molar-refractivity contribution in [3.8, 4) is 0 Å². The first kappa shape index (κ1) is 11.8. The molecule has 1 N–H and O–H groups in total. The second-order valence-corrected chi connectivity index (χ2v) is 4.87. The number of aromatic nitrogens is 4. The summed E-state index contributed by atoms with van der Waals surface area (Å²) in [6.07, 6.45) is 2.05. The molecule has 19 heavy (non-hydrogen) atoms. The van der Waals surface area contributed by atoms with Gasteiger partial charge in [0.1, 0.15) is 0 Å². The number of carbonyl (C=O) groups is 1. The topological polar surface area (TPSA) is 72.2 Å². The number of thiazole rings is 1. The van der Waals surface area contributed by atoms with Gasteiger partial charge in [0.15, 0.2) is 5.65 Å². The molecule has 3 aromatic rings. The van der Waals surface area contributed by atoms with Crippen LogP contribution < -0.4 is 5.32 Å². The zero-order valence-corrected chi connectivity index (χ0v) is 11.0. The first-order chi connectivity index (χ1) is 9.20. The van der Waals surface area contributed by atoms with Crippen LogP contribution in [0.1, 0.15) is 11.3 Å². The van der Waals surface area contributed by atoms with Crippen molar-refractivity contribution in [3.05, 3.63) is 40.5 Å². The number of fused-ring (bicyclic) bond motifs is 1. The summed E-state index contributed by atoms with van der Waals surface area (Å²) in [7, 11) is 0. The van der Waals surface area contributed by atoms with E-state index in [0.717, 1.165) is 11.3 Å². The number of aryl methyl sites for hydroxylation is 1. The van der Waals surface area contributed by atoms with Crippen molar-refractivity contribution in [2.75, 3.05) is 5.32 Å². The normalized spacial score (nSPS) is 10.8. The van der Waals surface area contributed by atoms with Gasteiger partial charge in [-0.05, 0) is 24.6 Å². The molecule has 0 fully saturated rings. The average molecular weight is 273 g/mol. The van der Waals surface area contributed by atoms with Crippen molar-refractivity contribution in [1.82, 2.24) is 19.6 Å². The third-order valence-corrected chi connectivity index (χ3v) is 3.20. The SMILES string of the molecule is Cc1ccn2nc(NC(=O)Cc3cscn3)nc2c1. The predicted molar refractivity (Wildman–Crippen MR) is 72.2 cm³/mol. The first-order valence-electron chi connectivity index (χ1n) is 5.71. The molecule has 3 heterocycles. The lowest BCUT2D eigenvalue weighted by molar-refractivity contribution is -0.115. The van der Waals surface area contributed by atoms with Gasteiger partial charge in [-0.2, -0.15) is 4.98 Å². The molecule has 0 spiro atoms. The Hall–Kier alpha value is -2.28.